The molecule has 1 aromatic carbocycles. The van der Waals surface area contributed by atoms with Gasteiger partial charge >= 0.3 is 0 Å². The van der Waals surface area contributed by atoms with E-state index in [1.54, 1.807) is 12.3 Å². The number of halogens is 1. The number of thiocarbonyl (C=S) groups is 1. The van der Waals surface area contributed by atoms with Gasteiger partial charge in [-0.1, -0.05) is 41.6 Å². The lowest BCUT2D eigenvalue weighted by Crippen LogP contribution is -2.17. The molecule has 25 heavy (non-hydrogen) atoms. The van der Waals surface area contributed by atoms with Gasteiger partial charge in [0.1, 0.15) is 10.1 Å². The summed E-state index contributed by atoms with van der Waals surface area (Å²) in [5, 5.41) is 3.14. The standard InChI is InChI=1S/C18H15ClN2O2S2/c1-10(2)23-15-6-4-12(8-13(15)19)14-5-3-11(9-20-14)7-16-17(22)21-18(24)25-16/h3-10H,1-2H3,(H,21,22,24). The van der Waals surface area contributed by atoms with Crippen molar-refractivity contribution in [2.75, 3.05) is 0 Å². The van der Waals surface area contributed by atoms with Crippen LogP contribution in [0.3, 0.4) is 0 Å². The van der Waals surface area contributed by atoms with Crippen LogP contribution in [0.2, 0.25) is 5.02 Å². The minimum Gasteiger partial charge on any atom is -0.489 e. The molecule has 1 aliphatic heterocycles. The minimum atomic E-state index is -0.174. The number of aromatic nitrogens is 1. The first-order chi connectivity index (χ1) is 11.9. The summed E-state index contributed by atoms with van der Waals surface area (Å²) < 4.78 is 6.11. The molecule has 1 fully saturated rings. The maximum atomic E-state index is 11.7. The quantitative estimate of drug-likeness (QED) is 0.606. The molecule has 0 saturated carbocycles. The van der Waals surface area contributed by atoms with Crippen molar-refractivity contribution in [2.24, 2.45) is 0 Å². The predicted molar refractivity (Wildman–Crippen MR) is 107 cm³/mol. The monoisotopic (exact) mass is 390 g/mol. The topological polar surface area (TPSA) is 51.2 Å². The van der Waals surface area contributed by atoms with E-state index in [1.165, 1.54) is 11.8 Å². The zero-order valence-corrected chi connectivity index (χ0v) is 16.0. The smallest absolute Gasteiger partial charge is 0.263 e. The molecular formula is C18H15ClN2O2S2. The van der Waals surface area contributed by atoms with Crippen LogP contribution in [-0.4, -0.2) is 21.3 Å². The Labute approximate surface area is 160 Å². The summed E-state index contributed by atoms with van der Waals surface area (Å²) >= 11 is 12.5. The number of thioether (sulfide) groups is 1. The number of hydrogen-bond donors (Lipinski definition) is 1. The first-order valence-electron chi connectivity index (χ1n) is 7.60. The number of benzene rings is 1. The maximum absolute atomic E-state index is 11.7. The van der Waals surface area contributed by atoms with E-state index >= 15 is 0 Å². The molecule has 0 atom stereocenters. The van der Waals surface area contributed by atoms with E-state index in [0.717, 1.165) is 16.8 Å². The van der Waals surface area contributed by atoms with Crippen molar-refractivity contribution in [1.29, 1.82) is 0 Å². The number of nitrogens with one attached hydrogen (secondary N) is 1. The molecule has 1 saturated heterocycles. The van der Waals surface area contributed by atoms with Gasteiger partial charge < -0.3 is 10.1 Å². The van der Waals surface area contributed by atoms with Crippen LogP contribution in [0.5, 0.6) is 5.75 Å². The van der Waals surface area contributed by atoms with Gasteiger partial charge in [-0.2, -0.15) is 0 Å². The Morgan fingerprint density at radius 3 is 2.68 bits per heavy atom. The van der Waals surface area contributed by atoms with E-state index in [4.69, 9.17) is 28.6 Å². The Balaban J connectivity index is 1.81. The molecule has 1 aliphatic rings. The second kappa shape index (κ2) is 7.56. The van der Waals surface area contributed by atoms with Crippen LogP contribution in [-0.2, 0) is 4.79 Å². The Morgan fingerprint density at radius 2 is 2.12 bits per heavy atom. The van der Waals surface area contributed by atoms with Crippen LogP contribution >= 0.6 is 35.6 Å². The summed E-state index contributed by atoms with van der Waals surface area (Å²) in [4.78, 5) is 16.7. The summed E-state index contributed by atoms with van der Waals surface area (Å²) in [7, 11) is 0. The summed E-state index contributed by atoms with van der Waals surface area (Å²) in [6, 6.07) is 9.38. The average Bonchev–Trinajstić information content (AvgIpc) is 2.87. The Kier molecular flexibility index (Phi) is 5.42. The number of rotatable bonds is 4. The lowest BCUT2D eigenvalue weighted by molar-refractivity contribution is -0.115. The number of carbonyl (C=O) groups excluding carboxylic acids is 1. The van der Waals surface area contributed by atoms with Crippen LogP contribution < -0.4 is 10.1 Å². The largest absolute Gasteiger partial charge is 0.489 e. The van der Waals surface area contributed by atoms with Gasteiger partial charge in [0, 0.05) is 11.8 Å². The number of ether oxygens (including phenoxy) is 1. The number of pyridine rings is 1. The second-order valence-electron chi connectivity index (χ2n) is 5.64. The molecule has 0 radical (unpaired) electrons. The molecule has 1 N–H and O–H groups in total. The zero-order valence-electron chi connectivity index (χ0n) is 13.6. The van der Waals surface area contributed by atoms with Gasteiger partial charge in [0.15, 0.2) is 0 Å². The molecule has 0 bridgehead atoms. The Hall–Kier alpha value is -1.89. The zero-order chi connectivity index (χ0) is 18.0. The van der Waals surface area contributed by atoms with Crippen molar-refractivity contribution in [1.82, 2.24) is 10.3 Å². The fourth-order valence-corrected chi connectivity index (χ4v) is 3.51. The SMILES string of the molecule is CC(C)Oc1ccc(-c2ccc(C=C3SC(=S)NC3=O)cn2)cc1Cl. The number of amides is 1. The van der Waals surface area contributed by atoms with Gasteiger partial charge in [0.05, 0.1) is 21.7 Å². The van der Waals surface area contributed by atoms with Crippen LogP contribution in [0.25, 0.3) is 17.3 Å². The lowest BCUT2D eigenvalue weighted by atomic mass is 10.1. The van der Waals surface area contributed by atoms with E-state index in [0.29, 0.717) is 20.0 Å². The fraction of sp³-hybridized carbons (Fsp3) is 0.167. The van der Waals surface area contributed by atoms with Gasteiger partial charge in [-0.15, -0.1) is 0 Å². The van der Waals surface area contributed by atoms with Crippen molar-refractivity contribution >= 4 is 51.9 Å². The molecule has 128 valence electrons. The van der Waals surface area contributed by atoms with Crippen molar-refractivity contribution in [3.8, 4) is 17.0 Å². The third-order valence-electron chi connectivity index (χ3n) is 3.32. The molecule has 1 aromatic heterocycles. The molecule has 2 aromatic rings. The van der Waals surface area contributed by atoms with Crippen LogP contribution in [0.1, 0.15) is 19.4 Å². The molecule has 3 rings (SSSR count). The second-order valence-corrected chi connectivity index (χ2v) is 7.77. The van der Waals surface area contributed by atoms with Crippen LogP contribution in [0, 0.1) is 0 Å². The van der Waals surface area contributed by atoms with E-state index in [9.17, 15) is 4.79 Å². The molecule has 0 spiro atoms. The molecule has 4 nitrogen and oxygen atoms in total. The highest BCUT2D eigenvalue weighted by Gasteiger charge is 2.21. The highest BCUT2D eigenvalue weighted by atomic mass is 35.5. The van der Waals surface area contributed by atoms with Gasteiger partial charge in [-0.05, 0) is 49.8 Å². The number of nitrogens with zero attached hydrogens (tertiary/aromatic N) is 1. The van der Waals surface area contributed by atoms with E-state index < -0.39 is 0 Å². The lowest BCUT2D eigenvalue weighted by Gasteiger charge is -2.12. The van der Waals surface area contributed by atoms with Crippen LogP contribution in [0.15, 0.2) is 41.4 Å². The highest BCUT2D eigenvalue weighted by Crippen LogP contribution is 2.31. The molecule has 7 heteroatoms. The van der Waals surface area contributed by atoms with Crippen molar-refractivity contribution < 1.29 is 9.53 Å². The predicted octanol–water partition coefficient (Wildman–Crippen LogP) is 4.68. The van der Waals surface area contributed by atoms with E-state index in [-0.39, 0.29) is 12.0 Å². The summed E-state index contributed by atoms with van der Waals surface area (Å²) in [5.74, 6) is 0.480. The van der Waals surface area contributed by atoms with Gasteiger partial charge in [0.2, 0.25) is 0 Å². The third-order valence-corrected chi connectivity index (χ3v) is 4.77. The van der Waals surface area contributed by atoms with E-state index in [2.05, 4.69) is 10.3 Å². The van der Waals surface area contributed by atoms with Crippen molar-refractivity contribution in [3.63, 3.8) is 0 Å². The van der Waals surface area contributed by atoms with Gasteiger partial charge in [-0.3, -0.25) is 9.78 Å². The van der Waals surface area contributed by atoms with E-state index in [1.807, 2.05) is 44.2 Å². The molecule has 1 amide bonds. The Bertz CT molecular complexity index is 864. The van der Waals surface area contributed by atoms with Crippen molar-refractivity contribution in [2.45, 2.75) is 20.0 Å². The van der Waals surface area contributed by atoms with Gasteiger partial charge in [0.25, 0.3) is 5.91 Å². The van der Waals surface area contributed by atoms with Gasteiger partial charge in [-0.25, -0.2) is 0 Å². The number of hydrogen-bond acceptors (Lipinski definition) is 5. The van der Waals surface area contributed by atoms with Crippen molar-refractivity contribution in [3.05, 3.63) is 52.0 Å². The summed E-state index contributed by atoms with van der Waals surface area (Å²) in [6.07, 6.45) is 3.54. The highest BCUT2D eigenvalue weighted by molar-refractivity contribution is 8.26. The molecular weight excluding hydrogens is 376 g/mol. The average molecular weight is 391 g/mol. The minimum absolute atomic E-state index is 0.0623. The number of carbonyl (C=O) groups is 1. The molecule has 2 heterocycles. The van der Waals surface area contributed by atoms with Crippen LogP contribution in [0.4, 0.5) is 0 Å². The first kappa shape index (κ1) is 17.9. The fourth-order valence-electron chi connectivity index (χ4n) is 2.24. The summed E-state index contributed by atoms with van der Waals surface area (Å²) in [5.41, 5.74) is 2.52. The summed E-state index contributed by atoms with van der Waals surface area (Å²) in [6.45, 7) is 3.91. The Morgan fingerprint density at radius 1 is 1.32 bits per heavy atom. The third kappa shape index (κ3) is 4.39. The first-order valence-corrected chi connectivity index (χ1v) is 9.20. The molecule has 0 unspecified atom stereocenters. The normalized spacial score (nSPS) is 15.8. The maximum Gasteiger partial charge on any atom is 0.263 e. The molecule has 0 aliphatic carbocycles.